The molecule has 27 nitrogen and oxygen atoms in total. The highest BCUT2D eigenvalue weighted by Crippen LogP contribution is 2.68. The second kappa shape index (κ2) is 25.2. The van der Waals surface area contributed by atoms with E-state index in [1.165, 1.54) is 13.8 Å². The Labute approximate surface area is 462 Å². The number of nitrogen functional groups attached to an aromatic ring is 1. The van der Waals surface area contributed by atoms with E-state index in [0.29, 0.717) is 24.8 Å². The van der Waals surface area contributed by atoms with Crippen molar-refractivity contribution in [1.82, 2.24) is 30.2 Å². The van der Waals surface area contributed by atoms with Gasteiger partial charge in [0, 0.05) is 30.7 Å². The van der Waals surface area contributed by atoms with E-state index in [-0.39, 0.29) is 99.8 Å². The molecule has 7 rings (SSSR count). The zero-order valence-corrected chi connectivity index (χ0v) is 48.6. The summed E-state index contributed by atoms with van der Waals surface area (Å²) in [6.07, 6.45) is 0.951. The summed E-state index contributed by atoms with van der Waals surface area (Å²) in [5, 5.41) is 60.6. The normalized spacial score (nSPS) is 34.4. The quantitative estimate of drug-likeness (QED) is 0.0408. The summed E-state index contributed by atoms with van der Waals surface area (Å²) in [7, 11) is -16.5. The number of imidazole rings is 1. The molecule has 4 aliphatic carbocycles. The molecule has 2 aromatic heterocycles. The number of carbonyl (C=O) groups is 3. The SMILES string of the molecule is C/C(=C\CCC(C)C1CCC2C3C(C[C@H](O)C12C)C1(C)CC[C@@H](O)C[C@H]1C[C@H]3O)C(=O)SCCNC(=O)CCNC(=O)C(O)C(C)(C)COP(=O)(O)OP(=O)(O)OC[C@H]1O[C@@H](n2cnc3c(N)ncnc32)[C@H](O)[C@@H]1OP(=O)(O)O. The summed E-state index contributed by atoms with van der Waals surface area (Å²) in [6, 6.07) is 0. The molecule has 446 valence electrons. The minimum Gasteiger partial charge on any atom is -0.393 e. The number of anilines is 1. The van der Waals surface area contributed by atoms with Crippen LogP contribution in [-0.2, 0) is 50.7 Å². The molecule has 0 radical (unpaired) electrons. The molecule has 0 aromatic carbocycles. The van der Waals surface area contributed by atoms with Crippen molar-refractivity contribution in [1.29, 1.82) is 0 Å². The number of ether oxygens (including phenoxy) is 1. The van der Waals surface area contributed by atoms with Crippen LogP contribution in [0.25, 0.3) is 11.2 Å². The number of aliphatic hydroxyl groups excluding tert-OH is 5. The van der Waals surface area contributed by atoms with Crippen LogP contribution >= 0.6 is 35.2 Å². The lowest BCUT2D eigenvalue weighted by Crippen LogP contribution is -2.62. The number of thioether (sulfide) groups is 1. The summed E-state index contributed by atoms with van der Waals surface area (Å²) >= 11 is 1.06. The highest BCUT2D eigenvalue weighted by molar-refractivity contribution is 8.14. The van der Waals surface area contributed by atoms with E-state index in [1.807, 2.05) is 6.08 Å². The van der Waals surface area contributed by atoms with Crippen molar-refractivity contribution in [3.05, 3.63) is 24.3 Å². The number of nitrogens with one attached hydrogen (secondary N) is 2. The predicted octanol–water partition coefficient (Wildman–Crippen LogP) is 2.99. The van der Waals surface area contributed by atoms with Crippen LogP contribution in [0.2, 0.25) is 0 Å². The van der Waals surface area contributed by atoms with E-state index in [4.69, 9.17) is 19.5 Å². The lowest BCUT2D eigenvalue weighted by Gasteiger charge is -2.63. The number of nitrogens with two attached hydrogens (primary N) is 1. The fourth-order valence-corrected chi connectivity index (χ4v) is 16.9. The van der Waals surface area contributed by atoms with Crippen LogP contribution in [0.5, 0.6) is 0 Å². The molecule has 2 amide bonds. The predicted molar refractivity (Wildman–Crippen MR) is 283 cm³/mol. The molecule has 18 atom stereocenters. The van der Waals surface area contributed by atoms with Crippen molar-refractivity contribution < 1.29 is 95.8 Å². The van der Waals surface area contributed by atoms with Crippen molar-refractivity contribution >= 4 is 69.1 Å². The number of nitrogens with zero attached hydrogens (tertiary/aromatic N) is 4. The molecule has 31 heteroatoms. The Balaban J connectivity index is 0.781. The molecule has 2 aromatic rings. The molecule has 79 heavy (non-hydrogen) atoms. The number of carbonyl (C=O) groups excluding carboxylic acids is 3. The smallest absolute Gasteiger partial charge is 0.393 e. The van der Waals surface area contributed by atoms with Crippen molar-refractivity contribution in [2.75, 3.05) is 37.8 Å². The fraction of sp³-hybridized carbons (Fsp3) is 0.792. The van der Waals surface area contributed by atoms with Gasteiger partial charge in [0.2, 0.25) is 16.9 Å². The Morgan fingerprint density at radius 3 is 2.39 bits per heavy atom. The van der Waals surface area contributed by atoms with Gasteiger partial charge in [-0.1, -0.05) is 52.5 Å². The number of phosphoric acid groups is 3. The number of fused-ring (bicyclic) bond motifs is 6. The molecule has 1 aliphatic heterocycles. The van der Waals surface area contributed by atoms with Crippen LogP contribution in [-0.4, -0.2) is 156 Å². The Hall–Kier alpha value is -2.82. The first kappa shape index (κ1) is 63.8. The third-order valence-electron chi connectivity index (χ3n) is 17.7. The van der Waals surface area contributed by atoms with Crippen LogP contribution in [0, 0.1) is 51.8 Å². The van der Waals surface area contributed by atoms with Gasteiger partial charge in [-0.15, -0.1) is 0 Å². The molecule has 0 spiro atoms. The number of hydrogen-bond donors (Lipinski definition) is 12. The van der Waals surface area contributed by atoms with Crippen LogP contribution in [0.3, 0.4) is 0 Å². The van der Waals surface area contributed by atoms with Crippen LogP contribution in [0.1, 0.15) is 112 Å². The largest absolute Gasteiger partial charge is 0.481 e. The Kier molecular flexibility index (Phi) is 20.3. The first-order chi connectivity index (χ1) is 36.8. The number of hydrogen-bond acceptors (Lipinski definition) is 21. The van der Waals surface area contributed by atoms with E-state index in [9.17, 15) is 73.2 Å². The van der Waals surface area contributed by atoms with E-state index in [0.717, 1.165) is 67.5 Å². The maximum atomic E-state index is 13.0. The summed E-state index contributed by atoms with van der Waals surface area (Å²) in [5.74, 6) is 0.199. The van der Waals surface area contributed by atoms with Crippen molar-refractivity contribution in [3.63, 3.8) is 0 Å². The lowest BCUT2D eigenvalue weighted by atomic mass is 9.43. The first-order valence-corrected chi connectivity index (χ1v) is 32.1. The van der Waals surface area contributed by atoms with E-state index in [2.05, 4.69) is 55.2 Å². The van der Waals surface area contributed by atoms with Gasteiger partial charge in [0.05, 0.1) is 37.9 Å². The molecule has 5 fully saturated rings. The zero-order valence-electron chi connectivity index (χ0n) is 45.1. The Morgan fingerprint density at radius 2 is 1.68 bits per heavy atom. The number of amides is 2. The summed E-state index contributed by atoms with van der Waals surface area (Å²) in [4.78, 5) is 89.8. The number of phosphoric ester groups is 3. The standard InChI is InChI=1S/C48H78N7O20P3S/c1-25(29-10-11-30-36-31(20-34(58)48(29,30)6)47(5)14-12-28(56)18-27(47)19-32(36)57)8-7-9-26(2)45(63)79-17-16-50-35(59)13-15-51-43(62)40(61)46(3,4)22-72-78(69,70)75-77(67,68)71-21-33-39(74-76(64,65)66)38(60)44(73-33)55-24-54-37-41(49)52-23-53-42(37)55/h9,23-25,27-34,36,38-40,44,56-58,60-61H,7-8,10-22H2,1-6H3,(H,50,59)(H,51,62)(H,67,68)(H,69,70)(H2,49,52,53)(H2,64,65,66)/b26-9+/t25?,27-,28+,29?,30?,31?,32+,33+,34-,36?,38+,39+,40?,44+,47?,48?/m0/s1. The fourth-order valence-electron chi connectivity index (χ4n) is 13.4. The van der Waals surface area contributed by atoms with Crippen LogP contribution < -0.4 is 16.4 Å². The lowest BCUT2D eigenvalue weighted by molar-refractivity contribution is -0.207. The van der Waals surface area contributed by atoms with Gasteiger partial charge in [-0.25, -0.2) is 28.6 Å². The minimum absolute atomic E-state index is 0.00939. The highest BCUT2D eigenvalue weighted by atomic mass is 32.2. The van der Waals surface area contributed by atoms with Gasteiger partial charge < -0.3 is 66.2 Å². The summed E-state index contributed by atoms with van der Waals surface area (Å²) in [6.45, 7) is 8.93. The molecule has 13 N–H and O–H groups in total. The van der Waals surface area contributed by atoms with E-state index < -0.39 is 96.8 Å². The van der Waals surface area contributed by atoms with Gasteiger partial charge in [0.15, 0.2) is 17.7 Å². The summed E-state index contributed by atoms with van der Waals surface area (Å²) in [5.41, 5.74) is 4.54. The van der Waals surface area contributed by atoms with Crippen molar-refractivity contribution in [3.8, 4) is 0 Å². The maximum Gasteiger partial charge on any atom is 0.481 e. The second-order valence-electron chi connectivity index (χ2n) is 23.2. The molecule has 0 bridgehead atoms. The molecular formula is C48H78N7O20P3S. The van der Waals surface area contributed by atoms with Gasteiger partial charge in [-0.3, -0.25) is 32.5 Å². The van der Waals surface area contributed by atoms with Crippen LogP contribution in [0.4, 0.5) is 5.82 Å². The maximum absolute atomic E-state index is 13.0. The molecule has 10 unspecified atom stereocenters. The zero-order chi connectivity index (χ0) is 58.2. The average Bonchev–Trinajstić information content (AvgIpc) is 3.88. The number of rotatable bonds is 24. The van der Waals surface area contributed by atoms with Gasteiger partial charge in [0.1, 0.15) is 36.3 Å². The van der Waals surface area contributed by atoms with Gasteiger partial charge in [-0.05, 0) is 117 Å². The Bertz CT molecular complexity index is 2700. The number of allylic oxidation sites excluding steroid dienone is 1. The minimum atomic E-state index is -5.61. The monoisotopic (exact) mass is 1200 g/mol. The first-order valence-electron chi connectivity index (χ1n) is 26.6. The van der Waals surface area contributed by atoms with Gasteiger partial charge in [0.25, 0.3) is 0 Å². The number of aliphatic hydroxyl groups is 5. The third-order valence-corrected chi connectivity index (χ3v) is 21.7. The van der Waals surface area contributed by atoms with Crippen molar-refractivity contribution in [2.24, 2.45) is 51.8 Å². The molecule has 1 saturated heterocycles. The number of aromatic nitrogens is 4. The average molecular weight is 1200 g/mol. The molecule has 4 saturated carbocycles. The second-order valence-corrected chi connectivity index (χ2v) is 28.5. The Morgan fingerprint density at radius 1 is 0.975 bits per heavy atom. The van der Waals surface area contributed by atoms with Crippen LogP contribution in [0.15, 0.2) is 24.3 Å². The molecule has 3 heterocycles. The van der Waals surface area contributed by atoms with E-state index >= 15 is 0 Å². The molecular weight excluding hydrogens is 1120 g/mol. The van der Waals surface area contributed by atoms with E-state index in [1.54, 1.807) is 6.92 Å². The van der Waals surface area contributed by atoms with Gasteiger partial charge in [-0.2, -0.15) is 4.31 Å². The molecule has 5 aliphatic rings. The topological polar surface area (TPSA) is 424 Å². The third kappa shape index (κ3) is 14.6. The van der Waals surface area contributed by atoms with Gasteiger partial charge >= 0.3 is 23.5 Å². The summed E-state index contributed by atoms with van der Waals surface area (Å²) < 4.78 is 62.8. The van der Waals surface area contributed by atoms with Crippen molar-refractivity contribution in [2.45, 2.75) is 155 Å². The highest BCUT2D eigenvalue weighted by Gasteiger charge is 2.66.